The first-order chi connectivity index (χ1) is 9.24. The van der Waals surface area contributed by atoms with Gasteiger partial charge in [0.2, 0.25) is 5.88 Å². The highest BCUT2D eigenvalue weighted by molar-refractivity contribution is 5.57. The summed E-state index contributed by atoms with van der Waals surface area (Å²) >= 11 is 0. The molecule has 5 heteroatoms. The topological polar surface area (TPSA) is 59.9 Å². The highest BCUT2D eigenvalue weighted by Gasteiger charge is 2.06. The fraction of sp³-hybridized carbons (Fsp3) is 0.357. The molecular weight excluding hydrogens is 240 g/mol. The number of nitrogens with zero attached hydrogens (tertiary/aromatic N) is 3. The lowest BCUT2D eigenvalue weighted by Crippen LogP contribution is -2.05. The summed E-state index contributed by atoms with van der Waals surface area (Å²) in [6.07, 6.45) is 4.60. The number of pyridine rings is 1. The van der Waals surface area contributed by atoms with E-state index in [2.05, 4.69) is 27.2 Å². The van der Waals surface area contributed by atoms with Crippen molar-refractivity contribution >= 4 is 5.82 Å². The number of ether oxygens (including phenoxy) is 1. The summed E-state index contributed by atoms with van der Waals surface area (Å²) in [6, 6.07) is 3.71. The summed E-state index contributed by atoms with van der Waals surface area (Å²) in [5, 5.41) is 3.30. The minimum Gasteiger partial charge on any atom is -0.481 e. The van der Waals surface area contributed by atoms with E-state index in [1.165, 1.54) is 0 Å². The van der Waals surface area contributed by atoms with Gasteiger partial charge in [0.15, 0.2) is 5.82 Å². The molecule has 0 radical (unpaired) electrons. The maximum absolute atomic E-state index is 5.04. The van der Waals surface area contributed by atoms with Crippen LogP contribution < -0.4 is 10.1 Å². The maximum atomic E-state index is 5.04. The Morgan fingerprint density at radius 2 is 2.05 bits per heavy atom. The number of nitrogens with one attached hydrogen (secondary N) is 1. The molecule has 0 aliphatic rings. The molecule has 0 fully saturated rings. The van der Waals surface area contributed by atoms with E-state index in [1.807, 2.05) is 19.2 Å². The summed E-state index contributed by atoms with van der Waals surface area (Å²) in [5.41, 5.74) is 1.92. The molecule has 0 bridgehead atoms. The monoisotopic (exact) mass is 258 g/mol. The van der Waals surface area contributed by atoms with Crippen molar-refractivity contribution in [3.63, 3.8) is 0 Å². The number of hydrogen-bond acceptors (Lipinski definition) is 5. The standard InChI is InChI=1S/C14H18N4O/c1-4-7-15-13-10(2)8-17-14(18-13)11-5-6-12(19-3)16-9-11/h5-6,8-9H,4,7H2,1-3H3,(H,15,17,18). The van der Waals surface area contributed by atoms with E-state index < -0.39 is 0 Å². The first-order valence-electron chi connectivity index (χ1n) is 6.32. The van der Waals surface area contributed by atoms with E-state index in [-0.39, 0.29) is 0 Å². The van der Waals surface area contributed by atoms with E-state index in [0.717, 1.165) is 29.9 Å². The molecule has 5 nitrogen and oxygen atoms in total. The quantitative estimate of drug-likeness (QED) is 0.893. The van der Waals surface area contributed by atoms with Crippen molar-refractivity contribution in [3.8, 4) is 17.3 Å². The minimum absolute atomic E-state index is 0.584. The van der Waals surface area contributed by atoms with Crippen LogP contribution in [0.4, 0.5) is 5.82 Å². The van der Waals surface area contributed by atoms with Crippen molar-refractivity contribution in [2.75, 3.05) is 19.0 Å². The lowest BCUT2D eigenvalue weighted by Gasteiger charge is -2.09. The molecule has 100 valence electrons. The van der Waals surface area contributed by atoms with Crippen LogP contribution in [0, 0.1) is 6.92 Å². The van der Waals surface area contributed by atoms with Crippen LogP contribution in [-0.2, 0) is 0 Å². The van der Waals surface area contributed by atoms with Crippen molar-refractivity contribution < 1.29 is 4.74 Å². The van der Waals surface area contributed by atoms with Gasteiger partial charge in [-0.05, 0) is 19.4 Å². The Hall–Kier alpha value is -2.17. The number of anilines is 1. The zero-order valence-corrected chi connectivity index (χ0v) is 11.5. The fourth-order valence-corrected chi connectivity index (χ4v) is 1.64. The average Bonchev–Trinajstić information content (AvgIpc) is 2.46. The highest BCUT2D eigenvalue weighted by atomic mass is 16.5. The van der Waals surface area contributed by atoms with Gasteiger partial charge in [-0.3, -0.25) is 0 Å². The van der Waals surface area contributed by atoms with Gasteiger partial charge in [0.05, 0.1) is 7.11 Å². The molecule has 0 unspecified atom stereocenters. The van der Waals surface area contributed by atoms with Gasteiger partial charge in [-0.2, -0.15) is 0 Å². The molecule has 0 saturated carbocycles. The van der Waals surface area contributed by atoms with Crippen LogP contribution in [0.3, 0.4) is 0 Å². The molecule has 0 spiro atoms. The van der Waals surface area contributed by atoms with E-state index >= 15 is 0 Å². The third-order valence-corrected chi connectivity index (χ3v) is 2.72. The molecule has 0 saturated heterocycles. The molecule has 0 atom stereocenters. The van der Waals surface area contributed by atoms with Gasteiger partial charge in [0, 0.05) is 36.1 Å². The van der Waals surface area contributed by atoms with Crippen LogP contribution in [0.2, 0.25) is 0 Å². The second-order valence-corrected chi connectivity index (χ2v) is 4.24. The summed E-state index contributed by atoms with van der Waals surface area (Å²) < 4.78 is 5.04. The van der Waals surface area contributed by atoms with Crippen LogP contribution in [-0.4, -0.2) is 28.6 Å². The second-order valence-electron chi connectivity index (χ2n) is 4.24. The number of methoxy groups -OCH3 is 1. The van der Waals surface area contributed by atoms with Crippen LogP contribution in [0.1, 0.15) is 18.9 Å². The van der Waals surface area contributed by atoms with Gasteiger partial charge < -0.3 is 10.1 Å². The van der Waals surface area contributed by atoms with Crippen molar-refractivity contribution in [1.29, 1.82) is 0 Å². The van der Waals surface area contributed by atoms with Crippen molar-refractivity contribution in [3.05, 3.63) is 30.1 Å². The summed E-state index contributed by atoms with van der Waals surface area (Å²) in [6.45, 7) is 5.02. The van der Waals surface area contributed by atoms with Gasteiger partial charge in [-0.25, -0.2) is 15.0 Å². The molecule has 0 aliphatic heterocycles. The molecule has 19 heavy (non-hydrogen) atoms. The number of hydrogen-bond donors (Lipinski definition) is 1. The Balaban J connectivity index is 2.28. The zero-order chi connectivity index (χ0) is 13.7. The molecule has 0 amide bonds. The Morgan fingerprint density at radius 1 is 1.21 bits per heavy atom. The van der Waals surface area contributed by atoms with Crippen LogP contribution in [0.25, 0.3) is 11.4 Å². The minimum atomic E-state index is 0.584. The maximum Gasteiger partial charge on any atom is 0.212 e. The van der Waals surface area contributed by atoms with Crippen LogP contribution >= 0.6 is 0 Å². The van der Waals surface area contributed by atoms with Gasteiger partial charge in [-0.15, -0.1) is 0 Å². The molecule has 2 aromatic heterocycles. The number of rotatable bonds is 5. The van der Waals surface area contributed by atoms with E-state index in [9.17, 15) is 0 Å². The normalized spacial score (nSPS) is 10.3. The number of aromatic nitrogens is 3. The van der Waals surface area contributed by atoms with Crippen LogP contribution in [0.15, 0.2) is 24.5 Å². The highest BCUT2D eigenvalue weighted by Crippen LogP contribution is 2.19. The smallest absolute Gasteiger partial charge is 0.212 e. The number of aryl methyl sites for hydroxylation is 1. The van der Waals surface area contributed by atoms with E-state index in [4.69, 9.17) is 4.74 Å². The third kappa shape index (κ3) is 3.19. The molecule has 2 aromatic rings. The van der Waals surface area contributed by atoms with Gasteiger partial charge in [0.1, 0.15) is 5.82 Å². The molecule has 0 aliphatic carbocycles. The zero-order valence-electron chi connectivity index (χ0n) is 11.5. The molecule has 2 rings (SSSR count). The van der Waals surface area contributed by atoms with Crippen molar-refractivity contribution in [1.82, 2.24) is 15.0 Å². The lowest BCUT2D eigenvalue weighted by atomic mass is 10.2. The van der Waals surface area contributed by atoms with Crippen molar-refractivity contribution in [2.24, 2.45) is 0 Å². The largest absolute Gasteiger partial charge is 0.481 e. The second kappa shape index (κ2) is 6.13. The Labute approximate surface area is 113 Å². The molecule has 2 heterocycles. The predicted molar refractivity (Wildman–Crippen MR) is 75.3 cm³/mol. The predicted octanol–water partition coefficient (Wildman–Crippen LogP) is 2.68. The summed E-state index contributed by atoms with van der Waals surface area (Å²) in [7, 11) is 1.59. The van der Waals surface area contributed by atoms with Gasteiger partial charge in [-0.1, -0.05) is 6.92 Å². The van der Waals surface area contributed by atoms with Crippen molar-refractivity contribution in [2.45, 2.75) is 20.3 Å². The summed E-state index contributed by atoms with van der Waals surface area (Å²) in [5.74, 6) is 2.13. The summed E-state index contributed by atoms with van der Waals surface area (Å²) in [4.78, 5) is 13.0. The molecule has 1 N–H and O–H groups in total. The SMILES string of the molecule is CCCNc1nc(-c2ccc(OC)nc2)ncc1C. The average molecular weight is 258 g/mol. The molecular formula is C14H18N4O. The lowest BCUT2D eigenvalue weighted by molar-refractivity contribution is 0.398. The first-order valence-corrected chi connectivity index (χ1v) is 6.32. The van der Waals surface area contributed by atoms with Gasteiger partial charge in [0.25, 0.3) is 0 Å². The Morgan fingerprint density at radius 3 is 2.68 bits per heavy atom. The van der Waals surface area contributed by atoms with E-state index in [1.54, 1.807) is 19.4 Å². The first kappa shape index (κ1) is 13.3. The molecule has 0 aromatic carbocycles. The fourth-order valence-electron chi connectivity index (χ4n) is 1.64. The van der Waals surface area contributed by atoms with Crippen LogP contribution in [0.5, 0.6) is 5.88 Å². The Bertz CT molecular complexity index is 540. The van der Waals surface area contributed by atoms with E-state index in [0.29, 0.717) is 11.7 Å². The Kier molecular flexibility index (Phi) is 4.28. The van der Waals surface area contributed by atoms with Gasteiger partial charge >= 0.3 is 0 Å². The third-order valence-electron chi connectivity index (χ3n) is 2.72.